The van der Waals surface area contributed by atoms with Gasteiger partial charge in [0.05, 0.1) is 6.33 Å². The maximum atomic E-state index is 13.1. The van der Waals surface area contributed by atoms with E-state index in [4.69, 9.17) is 9.47 Å². The molecule has 3 aromatic rings. The Labute approximate surface area is 145 Å². The van der Waals surface area contributed by atoms with Gasteiger partial charge < -0.3 is 19.4 Å². The second kappa shape index (κ2) is 6.04. The number of anilines is 1. The first-order chi connectivity index (χ1) is 12.5. The van der Waals surface area contributed by atoms with Crippen LogP contribution in [0, 0.1) is 0 Å². The third-order valence-electron chi connectivity index (χ3n) is 4.01. The number of imidazole rings is 1. The lowest BCUT2D eigenvalue weighted by atomic mass is 10.2. The predicted octanol–water partition coefficient (Wildman–Crippen LogP) is 3.13. The molecule has 0 saturated heterocycles. The summed E-state index contributed by atoms with van der Waals surface area (Å²) in [5, 5.41) is 0. The molecule has 136 valence electrons. The molecule has 0 bridgehead atoms. The normalized spacial score (nSPS) is 13.4. The average molecular weight is 365 g/mol. The Morgan fingerprint density at radius 1 is 1.19 bits per heavy atom. The molecule has 0 atom stereocenters. The van der Waals surface area contributed by atoms with E-state index in [0.717, 1.165) is 5.56 Å². The van der Waals surface area contributed by atoms with Crippen LogP contribution in [0.1, 0.15) is 18.3 Å². The van der Waals surface area contributed by atoms with Crippen LogP contribution in [-0.4, -0.2) is 33.3 Å². The van der Waals surface area contributed by atoms with Crippen LogP contribution in [0.5, 0.6) is 11.5 Å². The van der Waals surface area contributed by atoms with E-state index in [1.54, 1.807) is 17.0 Å². The van der Waals surface area contributed by atoms with Crippen molar-refractivity contribution in [3.05, 3.63) is 35.9 Å². The van der Waals surface area contributed by atoms with Gasteiger partial charge in [0.2, 0.25) is 12.6 Å². The third kappa shape index (κ3) is 2.87. The van der Waals surface area contributed by atoms with Gasteiger partial charge in [0.15, 0.2) is 23.0 Å². The number of aromatic amines is 1. The number of aromatic nitrogens is 4. The van der Waals surface area contributed by atoms with Crippen molar-refractivity contribution in [2.45, 2.75) is 19.6 Å². The van der Waals surface area contributed by atoms with Gasteiger partial charge in [-0.3, -0.25) is 0 Å². The molecule has 0 fully saturated rings. The standard InChI is InChI=1S/C16H14F3N5O2/c1-2-24(6-9-3-4-10-11(5-9)26-8-25-10)14-12-13(21-7-20-12)22-15(23-14)16(17,18)19/h3-5,7H,2,6,8H2,1H3,(H,20,21,22,23). The summed E-state index contributed by atoms with van der Waals surface area (Å²) in [6, 6.07) is 5.42. The van der Waals surface area contributed by atoms with E-state index in [-0.39, 0.29) is 18.3 Å². The summed E-state index contributed by atoms with van der Waals surface area (Å²) in [5.41, 5.74) is 1.20. The lowest BCUT2D eigenvalue weighted by Crippen LogP contribution is -2.25. The number of H-pyrrole nitrogens is 1. The van der Waals surface area contributed by atoms with Crippen LogP contribution < -0.4 is 14.4 Å². The van der Waals surface area contributed by atoms with Crippen molar-refractivity contribution < 1.29 is 22.6 Å². The van der Waals surface area contributed by atoms with E-state index in [1.165, 1.54) is 6.33 Å². The fraction of sp³-hybridized carbons (Fsp3) is 0.312. The molecule has 0 aliphatic carbocycles. The van der Waals surface area contributed by atoms with Gasteiger partial charge in [0, 0.05) is 13.1 Å². The van der Waals surface area contributed by atoms with Gasteiger partial charge in [-0.1, -0.05) is 6.07 Å². The lowest BCUT2D eigenvalue weighted by molar-refractivity contribution is -0.144. The third-order valence-corrected chi connectivity index (χ3v) is 4.01. The van der Waals surface area contributed by atoms with E-state index >= 15 is 0 Å². The molecule has 4 rings (SSSR count). The van der Waals surface area contributed by atoms with Crippen LogP contribution in [0.2, 0.25) is 0 Å². The van der Waals surface area contributed by atoms with Crippen LogP contribution in [0.25, 0.3) is 11.2 Å². The molecule has 0 spiro atoms. The quantitative estimate of drug-likeness (QED) is 0.766. The average Bonchev–Trinajstić information content (AvgIpc) is 3.26. The highest BCUT2D eigenvalue weighted by atomic mass is 19.4. The number of nitrogens with one attached hydrogen (secondary N) is 1. The summed E-state index contributed by atoms with van der Waals surface area (Å²) in [4.78, 5) is 15.6. The molecule has 0 radical (unpaired) electrons. The van der Waals surface area contributed by atoms with Crippen LogP contribution >= 0.6 is 0 Å². The predicted molar refractivity (Wildman–Crippen MR) is 86.0 cm³/mol. The summed E-state index contributed by atoms with van der Waals surface area (Å²) < 4.78 is 50.0. The van der Waals surface area contributed by atoms with E-state index in [1.807, 2.05) is 13.0 Å². The molecule has 1 aromatic carbocycles. The van der Waals surface area contributed by atoms with E-state index in [0.29, 0.717) is 30.1 Å². The molecular formula is C16H14F3N5O2. The first-order valence-electron chi connectivity index (χ1n) is 7.87. The number of rotatable bonds is 4. The van der Waals surface area contributed by atoms with Gasteiger partial charge in [0.1, 0.15) is 5.52 Å². The molecule has 1 aliphatic rings. The van der Waals surface area contributed by atoms with Crippen molar-refractivity contribution in [2.24, 2.45) is 0 Å². The van der Waals surface area contributed by atoms with Crippen molar-refractivity contribution in [3.8, 4) is 11.5 Å². The topological polar surface area (TPSA) is 76.2 Å². The maximum absolute atomic E-state index is 13.1. The fourth-order valence-corrected chi connectivity index (χ4v) is 2.77. The number of alkyl halides is 3. The first-order valence-corrected chi connectivity index (χ1v) is 7.87. The number of hydrogen-bond acceptors (Lipinski definition) is 6. The molecule has 7 nitrogen and oxygen atoms in total. The van der Waals surface area contributed by atoms with Crippen molar-refractivity contribution in [1.29, 1.82) is 0 Å². The van der Waals surface area contributed by atoms with Gasteiger partial charge in [-0.05, 0) is 24.6 Å². The second-order valence-electron chi connectivity index (χ2n) is 5.67. The van der Waals surface area contributed by atoms with Gasteiger partial charge in [-0.2, -0.15) is 13.2 Å². The van der Waals surface area contributed by atoms with Crippen LogP contribution in [0.3, 0.4) is 0 Å². The Morgan fingerprint density at radius 3 is 2.77 bits per heavy atom. The van der Waals surface area contributed by atoms with E-state index in [9.17, 15) is 13.2 Å². The molecule has 0 amide bonds. The van der Waals surface area contributed by atoms with Gasteiger partial charge in [-0.15, -0.1) is 0 Å². The molecule has 0 saturated carbocycles. The summed E-state index contributed by atoms with van der Waals surface area (Å²) >= 11 is 0. The zero-order valence-corrected chi connectivity index (χ0v) is 13.7. The van der Waals surface area contributed by atoms with Crippen molar-refractivity contribution in [1.82, 2.24) is 19.9 Å². The molecule has 10 heteroatoms. The molecule has 3 heterocycles. The minimum Gasteiger partial charge on any atom is -0.454 e. The number of halogens is 3. The van der Waals surface area contributed by atoms with Gasteiger partial charge in [-0.25, -0.2) is 15.0 Å². The summed E-state index contributed by atoms with van der Waals surface area (Å²) in [7, 11) is 0. The number of benzene rings is 1. The lowest BCUT2D eigenvalue weighted by Gasteiger charge is -2.23. The zero-order chi connectivity index (χ0) is 18.3. The minimum absolute atomic E-state index is 0.0218. The Bertz CT molecular complexity index is 957. The molecule has 1 aliphatic heterocycles. The number of hydrogen-bond donors (Lipinski definition) is 1. The number of fused-ring (bicyclic) bond motifs is 2. The smallest absolute Gasteiger partial charge is 0.451 e. The van der Waals surface area contributed by atoms with Gasteiger partial charge >= 0.3 is 6.18 Å². The second-order valence-corrected chi connectivity index (χ2v) is 5.67. The SMILES string of the molecule is CCN(Cc1ccc2c(c1)OCO2)c1nc(C(F)(F)F)nc2nc[nH]c12. The highest BCUT2D eigenvalue weighted by molar-refractivity contribution is 5.83. The first kappa shape index (κ1) is 16.4. The van der Waals surface area contributed by atoms with Gasteiger partial charge in [0.25, 0.3) is 0 Å². The summed E-state index contributed by atoms with van der Waals surface area (Å²) in [5.74, 6) is 0.203. The number of ether oxygens (including phenoxy) is 2. The molecule has 26 heavy (non-hydrogen) atoms. The van der Waals surface area contributed by atoms with Crippen molar-refractivity contribution in [2.75, 3.05) is 18.2 Å². The highest BCUT2D eigenvalue weighted by Gasteiger charge is 2.36. The van der Waals surface area contributed by atoms with Crippen molar-refractivity contribution in [3.63, 3.8) is 0 Å². The minimum atomic E-state index is -4.65. The van der Waals surface area contributed by atoms with Crippen molar-refractivity contribution >= 4 is 17.0 Å². The molecule has 1 N–H and O–H groups in total. The zero-order valence-electron chi connectivity index (χ0n) is 13.7. The molecular weight excluding hydrogens is 351 g/mol. The maximum Gasteiger partial charge on any atom is 0.451 e. The summed E-state index contributed by atoms with van der Waals surface area (Å²) in [6.07, 6.45) is -3.35. The Kier molecular flexibility index (Phi) is 3.82. The fourth-order valence-electron chi connectivity index (χ4n) is 2.77. The Hall–Kier alpha value is -3.04. The van der Waals surface area contributed by atoms with E-state index in [2.05, 4.69) is 19.9 Å². The highest BCUT2D eigenvalue weighted by Crippen LogP contribution is 2.34. The monoisotopic (exact) mass is 365 g/mol. The molecule has 0 unspecified atom stereocenters. The molecule has 2 aromatic heterocycles. The van der Waals surface area contributed by atoms with Crippen LogP contribution in [0.4, 0.5) is 19.0 Å². The Balaban J connectivity index is 1.73. The Morgan fingerprint density at radius 2 is 2.00 bits per heavy atom. The summed E-state index contributed by atoms with van der Waals surface area (Å²) in [6.45, 7) is 2.78. The van der Waals surface area contributed by atoms with E-state index < -0.39 is 12.0 Å². The van der Waals surface area contributed by atoms with Crippen LogP contribution in [-0.2, 0) is 12.7 Å². The number of nitrogens with zero attached hydrogens (tertiary/aromatic N) is 4. The van der Waals surface area contributed by atoms with Crippen LogP contribution in [0.15, 0.2) is 24.5 Å². The largest absolute Gasteiger partial charge is 0.454 e.